The van der Waals surface area contributed by atoms with E-state index in [1.165, 1.54) is 0 Å². The van der Waals surface area contributed by atoms with Crippen LogP contribution in [0.2, 0.25) is 0 Å². The van der Waals surface area contributed by atoms with E-state index >= 15 is 0 Å². The van der Waals surface area contributed by atoms with Gasteiger partial charge >= 0.3 is 0 Å². The summed E-state index contributed by atoms with van der Waals surface area (Å²) >= 11 is 3.33. The summed E-state index contributed by atoms with van der Waals surface area (Å²) in [6, 6.07) is 0. The van der Waals surface area contributed by atoms with Crippen molar-refractivity contribution >= 4 is 21.7 Å². The Morgan fingerprint density at radius 3 is 3.00 bits per heavy atom. The molecule has 84 valence electrons. The summed E-state index contributed by atoms with van der Waals surface area (Å²) in [6.07, 6.45) is 3.01. The highest BCUT2D eigenvalue weighted by Crippen LogP contribution is 2.18. The first-order chi connectivity index (χ1) is 7.20. The Morgan fingerprint density at radius 1 is 1.67 bits per heavy atom. The molecule has 1 aromatic heterocycles. The third-order valence-electron chi connectivity index (χ3n) is 2.03. The van der Waals surface area contributed by atoms with Crippen LogP contribution in [0.25, 0.3) is 0 Å². The van der Waals surface area contributed by atoms with Gasteiger partial charge < -0.3 is 4.74 Å². The van der Waals surface area contributed by atoms with Crippen LogP contribution in [-0.4, -0.2) is 29.3 Å². The van der Waals surface area contributed by atoms with Crippen LogP contribution < -0.4 is 0 Å². The predicted octanol–water partition coefficient (Wildman–Crippen LogP) is 2.27. The molecule has 1 rings (SSSR count). The molecule has 0 atom stereocenters. The van der Waals surface area contributed by atoms with Gasteiger partial charge in [-0.25, -0.2) is 0 Å². The van der Waals surface area contributed by atoms with Gasteiger partial charge in [-0.2, -0.15) is 5.10 Å². The number of hydrogen-bond acceptors (Lipinski definition) is 3. The van der Waals surface area contributed by atoms with E-state index in [2.05, 4.69) is 28.0 Å². The van der Waals surface area contributed by atoms with Gasteiger partial charge in [-0.1, -0.05) is 6.92 Å². The number of rotatable bonds is 6. The molecule has 0 saturated carbocycles. The first kappa shape index (κ1) is 12.4. The van der Waals surface area contributed by atoms with Crippen LogP contribution in [0.3, 0.4) is 0 Å². The van der Waals surface area contributed by atoms with Gasteiger partial charge in [0, 0.05) is 20.1 Å². The molecule has 0 N–H and O–H groups in total. The molecule has 0 amide bonds. The van der Waals surface area contributed by atoms with Crippen molar-refractivity contribution in [2.75, 3.05) is 13.7 Å². The minimum atomic E-state index is 0.0645. The van der Waals surface area contributed by atoms with Gasteiger partial charge in [0.2, 0.25) is 0 Å². The van der Waals surface area contributed by atoms with Crippen LogP contribution in [0.1, 0.15) is 30.3 Å². The number of halogens is 1. The number of aryl methyl sites for hydroxylation is 1. The number of nitrogens with zero attached hydrogens (tertiary/aromatic N) is 2. The van der Waals surface area contributed by atoms with E-state index < -0.39 is 0 Å². The minimum Gasteiger partial charge on any atom is -0.384 e. The Balaban J connectivity index is 2.80. The Bertz CT molecular complexity index is 336. The number of methoxy groups -OCH3 is 1. The summed E-state index contributed by atoms with van der Waals surface area (Å²) in [4.78, 5) is 11.8. The van der Waals surface area contributed by atoms with Gasteiger partial charge in [0.1, 0.15) is 5.69 Å². The summed E-state index contributed by atoms with van der Waals surface area (Å²) in [6.45, 7) is 3.27. The zero-order valence-electron chi connectivity index (χ0n) is 8.99. The summed E-state index contributed by atoms with van der Waals surface area (Å²) in [5.41, 5.74) is 0.647. The monoisotopic (exact) mass is 274 g/mol. The largest absolute Gasteiger partial charge is 0.384 e. The summed E-state index contributed by atoms with van der Waals surface area (Å²) in [5.74, 6) is 0.0645. The summed E-state index contributed by atoms with van der Waals surface area (Å²) in [7, 11) is 1.59. The van der Waals surface area contributed by atoms with Gasteiger partial charge in [0.15, 0.2) is 5.78 Å². The fourth-order valence-corrected chi connectivity index (χ4v) is 1.85. The third kappa shape index (κ3) is 3.14. The number of carbonyl (C=O) groups excluding carboxylic acids is 1. The van der Waals surface area contributed by atoms with E-state index in [0.29, 0.717) is 18.7 Å². The van der Waals surface area contributed by atoms with E-state index in [-0.39, 0.29) is 5.78 Å². The second kappa shape index (κ2) is 6.02. The molecule has 0 unspecified atom stereocenters. The maximum Gasteiger partial charge on any atom is 0.184 e. The van der Waals surface area contributed by atoms with Gasteiger partial charge in [-0.3, -0.25) is 9.48 Å². The molecule has 0 aliphatic rings. The first-order valence-corrected chi connectivity index (χ1v) is 5.73. The Morgan fingerprint density at radius 2 is 2.40 bits per heavy atom. The van der Waals surface area contributed by atoms with Crippen molar-refractivity contribution in [1.82, 2.24) is 9.78 Å². The van der Waals surface area contributed by atoms with Crippen molar-refractivity contribution in [3.8, 4) is 0 Å². The van der Waals surface area contributed by atoms with E-state index in [0.717, 1.165) is 17.4 Å². The molecule has 0 aliphatic carbocycles. The predicted molar refractivity (Wildman–Crippen MR) is 61.0 cm³/mol. The third-order valence-corrected chi connectivity index (χ3v) is 2.61. The molecule has 0 fully saturated rings. The highest BCUT2D eigenvalue weighted by molar-refractivity contribution is 9.10. The lowest BCUT2D eigenvalue weighted by Gasteiger charge is -2.05. The number of hydrogen-bond donors (Lipinski definition) is 0. The maximum absolute atomic E-state index is 11.8. The highest BCUT2D eigenvalue weighted by atomic mass is 79.9. The van der Waals surface area contributed by atoms with Crippen LogP contribution in [0.5, 0.6) is 0 Å². The first-order valence-electron chi connectivity index (χ1n) is 4.94. The molecule has 1 aromatic rings. The molecule has 4 nitrogen and oxygen atoms in total. The molecule has 1 heterocycles. The molecular weight excluding hydrogens is 260 g/mol. The lowest BCUT2D eigenvalue weighted by Crippen LogP contribution is -2.12. The maximum atomic E-state index is 11.8. The molecule has 0 spiro atoms. The molecule has 0 aliphatic heterocycles. The molecule has 0 aromatic carbocycles. The van der Waals surface area contributed by atoms with Crippen LogP contribution >= 0.6 is 15.9 Å². The van der Waals surface area contributed by atoms with E-state index in [1.54, 1.807) is 18.0 Å². The number of carbonyl (C=O) groups is 1. The smallest absolute Gasteiger partial charge is 0.184 e. The van der Waals surface area contributed by atoms with Crippen LogP contribution in [0, 0.1) is 0 Å². The van der Waals surface area contributed by atoms with Crippen LogP contribution in [-0.2, 0) is 11.3 Å². The Labute approximate surface area is 97.7 Å². The number of ketones is 1. The lowest BCUT2D eigenvalue weighted by molar-refractivity contribution is 0.0920. The second-order valence-corrected chi connectivity index (χ2v) is 4.08. The molecule has 0 radical (unpaired) electrons. The molecule has 0 saturated heterocycles. The van der Waals surface area contributed by atoms with E-state index in [4.69, 9.17) is 4.74 Å². The summed E-state index contributed by atoms with van der Waals surface area (Å²) < 4.78 is 7.38. The second-order valence-electron chi connectivity index (χ2n) is 3.23. The topological polar surface area (TPSA) is 44.1 Å². The van der Waals surface area contributed by atoms with Gasteiger partial charge in [-0.15, -0.1) is 0 Å². The van der Waals surface area contributed by atoms with Crippen molar-refractivity contribution in [3.63, 3.8) is 0 Å². The molecule has 5 heteroatoms. The zero-order chi connectivity index (χ0) is 11.3. The minimum absolute atomic E-state index is 0.0645. The van der Waals surface area contributed by atoms with Gasteiger partial charge in [0.05, 0.1) is 17.3 Å². The quantitative estimate of drug-likeness (QED) is 0.748. The fourth-order valence-electron chi connectivity index (χ4n) is 1.33. The van der Waals surface area contributed by atoms with Crippen molar-refractivity contribution in [1.29, 1.82) is 0 Å². The Hall–Kier alpha value is -0.680. The Kier molecular flexibility index (Phi) is 4.98. The van der Waals surface area contributed by atoms with Gasteiger partial charge in [0.25, 0.3) is 0 Å². The average Bonchev–Trinajstić information content (AvgIpc) is 2.57. The number of aromatic nitrogens is 2. The molecule has 0 bridgehead atoms. The standard InChI is InChI=1S/C10H15BrN2O2/c1-3-5-13-10(8(11)7-12-13)9(14)4-6-15-2/h7H,3-6H2,1-2H3. The normalized spacial score (nSPS) is 10.6. The molecular formula is C10H15BrN2O2. The zero-order valence-corrected chi connectivity index (χ0v) is 10.6. The van der Waals surface area contributed by atoms with Crippen LogP contribution in [0.15, 0.2) is 10.7 Å². The number of Topliss-reactive ketones (excluding diaryl/α,β-unsaturated/α-hetero) is 1. The van der Waals surface area contributed by atoms with Crippen molar-refractivity contribution in [3.05, 3.63) is 16.4 Å². The van der Waals surface area contributed by atoms with Crippen molar-refractivity contribution in [2.24, 2.45) is 0 Å². The molecule has 15 heavy (non-hydrogen) atoms. The van der Waals surface area contributed by atoms with E-state index in [9.17, 15) is 4.79 Å². The van der Waals surface area contributed by atoms with Crippen LogP contribution in [0.4, 0.5) is 0 Å². The fraction of sp³-hybridized carbons (Fsp3) is 0.600. The average molecular weight is 275 g/mol. The summed E-state index contributed by atoms with van der Waals surface area (Å²) in [5, 5.41) is 4.14. The van der Waals surface area contributed by atoms with Gasteiger partial charge in [-0.05, 0) is 22.4 Å². The SMILES string of the molecule is CCCn1ncc(Br)c1C(=O)CCOC. The van der Waals surface area contributed by atoms with Crippen molar-refractivity contribution < 1.29 is 9.53 Å². The highest BCUT2D eigenvalue weighted by Gasteiger charge is 2.15. The lowest BCUT2D eigenvalue weighted by atomic mass is 10.2. The van der Waals surface area contributed by atoms with Crippen molar-refractivity contribution in [2.45, 2.75) is 26.3 Å². The number of ether oxygens (including phenoxy) is 1. The van der Waals surface area contributed by atoms with E-state index in [1.807, 2.05) is 0 Å².